The number of aromatic amines is 1. The first kappa shape index (κ1) is 23.1. The van der Waals surface area contributed by atoms with Crippen LogP contribution >= 0.6 is 0 Å². The van der Waals surface area contributed by atoms with Crippen LogP contribution in [0.4, 0.5) is 0 Å². The maximum absolute atomic E-state index is 13.2. The fraction of sp³-hybridized carbons (Fsp3) is 0.429. The third-order valence-electron chi connectivity index (χ3n) is 8.12. The molecule has 3 N–H and O–H groups in total. The molecule has 5 atom stereocenters. The summed E-state index contributed by atoms with van der Waals surface area (Å²) in [5.41, 5.74) is -0.103. The Hall–Kier alpha value is -3.08. The zero-order valence-electron chi connectivity index (χ0n) is 19.8. The van der Waals surface area contributed by atoms with Crippen LogP contribution in [0.5, 0.6) is 11.5 Å². The molecule has 0 radical (unpaired) electrons. The minimum Gasteiger partial charge on any atom is -0.508 e. The summed E-state index contributed by atoms with van der Waals surface area (Å²) in [6.07, 6.45) is 12.9. The molecular weight excluding hydrogens is 414 g/mol. The van der Waals surface area contributed by atoms with Gasteiger partial charge in [0.05, 0.1) is 0 Å². The van der Waals surface area contributed by atoms with Gasteiger partial charge in [0.2, 0.25) is 0 Å². The van der Waals surface area contributed by atoms with Gasteiger partial charge in [-0.1, -0.05) is 64.5 Å². The number of allylic oxidation sites excluding steroid dienone is 4. The van der Waals surface area contributed by atoms with Crippen molar-refractivity contribution in [3.8, 4) is 22.6 Å². The molecule has 1 heterocycles. The van der Waals surface area contributed by atoms with Gasteiger partial charge in [-0.05, 0) is 65.2 Å². The molecule has 33 heavy (non-hydrogen) atoms. The van der Waals surface area contributed by atoms with E-state index >= 15 is 0 Å². The number of hydrogen-bond donors (Lipinski definition) is 3. The minimum absolute atomic E-state index is 0.0880. The molecule has 1 aromatic heterocycles. The average molecular weight is 448 g/mol. The van der Waals surface area contributed by atoms with Crippen LogP contribution in [0.3, 0.4) is 0 Å². The van der Waals surface area contributed by atoms with Crippen molar-refractivity contribution >= 4 is 5.78 Å². The van der Waals surface area contributed by atoms with E-state index in [-0.39, 0.29) is 33.8 Å². The molecule has 5 unspecified atom stereocenters. The SMILES string of the molecule is CC1CCC2C(C)(C=CC(C)C2(C)C=CC(=O)c2c(O)c(-c3ccc(O)cc3)c[nH]c2=O)C1. The molecule has 1 fully saturated rings. The Morgan fingerprint density at radius 3 is 2.52 bits per heavy atom. The number of benzene rings is 1. The lowest BCUT2D eigenvalue weighted by molar-refractivity contribution is 0.0149. The number of hydrogen-bond acceptors (Lipinski definition) is 4. The van der Waals surface area contributed by atoms with Crippen molar-refractivity contribution < 1.29 is 15.0 Å². The summed E-state index contributed by atoms with van der Waals surface area (Å²) in [7, 11) is 0. The van der Waals surface area contributed by atoms with Crippen LogP contribution in [0.1, 0.15) is 57.3 Å². The molecule has 0 aliphatic heterocycles. The molecule has 1 aromatic carbocycles. The van der Waals surface area contributed by atoms with Crippen molar-refractivity contribution in [1.29, 1.82) is 0 Å². The van der Waals surface area contributed by atoms with Crippen LogP contribution < -0.4 is 5.56 Å². The van der Waals surface area contributed by atoms with Gasteiger partial charge in [0.1, 0.15) is 17.1 Å². The van der Waals surface area contributed by atoms with Gasteiger partial charge in [-0.2, -0.15) is 0 Å². The highest BCUT2D eigenvalue weighted by Gasteiger charge is 2.50. The Balaban J connectivity index is 1.69. The monoisotopic (exact) mass is 447 g/mol. The lowest BCUT2D eigenvalue weighted by Crippen LogP contribution is -2.47. The molecule has 1 saturated carbocycles. The van der Waals surface area contributed by atoms with E-state index in [4.69, 9.17) is 0 Å². The second-order valence-corrected chi connectivity index (χ2v) is 10.5. The predicted octanol–water partition coefficient (Wildman–Crippen LogP) is 5.85. The van der Waals surface area contributed by atoms with Gasteiger partial charge in [0.15, 0.2) is 5.78 Å². The summed E-state index contributed by atoms with van der Waals surface area (Å²) in [6.45, 7) is 9.01. The van der Waals surface area contributed by atoms with Crippen molar-refractivity contribution in [3.63, 3.8) is 0 Å². The smallest absolute Gasteiger partial charge is 0.263 e. The van der Waals surface area contributed by atoms with Crippen LogP contribution in [0.25, 0.3) is 11.1 Å². The number of carbonyl (C=O) groups is 1. The second kappa shape index (κ2) is 8.36. The maximum atomic E-state index is 13.2. The predicted molar refractivity (Wildman–Crippen MR) is 130 cm³/mol. The Bertz CT molecular complexity index is 1180. The summed E-state index contributed by atoms with van der Waals surface area (Å²) < 4.78 is 0. The van der Waals surface area contributed by atoms with E-state index in [1.807, 2.05) is 6.08 Å². The van der Waals surface area contributed by atoms with Crippen LogP contribution in [0.2, 0.25) is 0 Å². The summed E-state index contributed by atoms with van der Waals surface area (Å²) in [5.74, 6) is 0.566. The zero-order valence-corrected chi connectivity index (χ0v) is 19.8. The number of phenolic OH excluding ortho intramolecular Hbond substituents is 1. The Morgan fingerprint density at radius 1 is 1.12 bits per heavy atom. The highest BCUT2D eigenvalue weighted by Crippen LogP contribution is 2.58. The molecule has 0 saturated heterocycles. The highest BCUT2D eigenvalue weighted by molar-refractivity contribution is 6.07. The first-order valence-corrected chi connectivity index (χ1v) is 11.7. The Labute approximate surface area is 194 Å². The molecule has 5 nitrogen and oxygen atoms in total. The highest BCUT2D eigenvalue weighted by atomic mass is 16.3. The number of rotatable bonds is 4. The van der Waals surface area contributed by atoms with Gasteiger partial charge in [-0.25, -0.2) is 0 Å². The van der Waals surface area contributed by atoms with E-state index in [0.717, 1.165) is 12.8 Å². The number of nitrogens with one attached hydrogen (secondary N) is 1. The van der Waals surface area contributed by atoms with Crippen molar-refractivity contribution in [3.05, 3.63) is 70.7 Å². The van der Waals surface area contributed by atoms with Crippen molar-refractivity contribution in [1.82, 2.24) is 4.98 Å². The average Bonchev–Trinajstić information content (AvgIpc) is 2.76. The topological polar surface area (TPSA) is 90.4 Å². The normalized spacial score (nSPS) is 31.5. The van der Waals surface area contributed by atoms with Crippen LogP contribution in [-0.4, -0.2) is 21.0 Å². The van der Waals surface area contributed by atoms with Gasteiger partial charge in [0.25, 0.3) is 5.56 Å². The first-order valence-electron chi connectivity index (χ1n) is 11.7. The lowest BCUT2D eigenvalue weighted by atomic mass is 9.49. The number of phenols is 1. The number of pyridine rings is 1. The van der Waals surface area contributed by atoms with Gasteiger partial charge >= 0.3 is 0 Å². The molecule has 0 amide bonds. The van der Waals surface area contributed by atoms with Crippen LogP contribution in [0.15, 0.2) is 59.6 Å². The van der Waals surface area contributed by atoms with Gasteiger partial charge in [-0.3, -0.25) is 9.59 Å². The van der Waals surface area contributed by atoms with Crippen molar-refractivity contribution in [2.45, 2.75) is 47.0 Å². The van der Waals surface area contributed by atoms with Gasteiger partial charge in [-0.15, -0.1) is 0 Å². The van der Waals surface area contributed by atoms with Gasteiger partial charge in [0, 0.05) is 11.8 Å². The van der Waals surface area contributed by atoms with E-state index in [2.05, 4.69) is 44.8 Å². The van der Waals surface area contributed by atoms with E-state index in [9.17, 15) is 19.8 Å². The third-order valence-corrected chi connectivity index (χ3v) is 8.12. The summed E-state index contributed by atoms with van der Waals surface area (Å²) in [5, 5.41) is 20.4. The molecule has 0 spiro atoms. The Kier molecular flexibility index (Phi) is 5.85. The number of aromatic hydroxyl groups is 2. The zero-order chi connectivity index (χ0) is 24.0. The van der Waals surface area contributed by atoms with E-state index in [1.54, 1.807) is 12.1 Å². The van der Waals surface area contributed by atoms with E-state index in [1.165, 1.54) is 30.8 Å². The molecule has 2 aliphatic rings. The molecule has 2 aromatic rings. The molecule has 5 heteroatoms. The lowest BCUT2D eigenvalue weighted by Gasteiger charge is -2.55. The minimum atomic E-state index is -0.622. The standard InChI is InChI=1S/C28H33NO4/c1-17-5-10-23-27(3,15-17)13-11-18(2)28(23,4)14-12-22(31)24-25(32)21(16-29-26(24)33)19-6-8-20(30)9-7-19/h6-9,11-14,16-18,23,30H,5,10,15H2,1-4H3,(H2,29,32,33). The maximum Gasteiger partial charge on any atom is 0.263 e. The number of aromatic nitrogens is 1. The number of carbonyl (C=O) groups excluding carboxylic acids is 1. The number of H-pyrrole nitrogens is 1. The summed E-state index contributed by atoms with van der Waals surface area (Å²) in [6, 6.07) is 6.22. The summed E-state index contributed by atoms with van der Waals surface area (Å²) >= 11 is 0. The fourth-order valence-electron chi connectivity index (χ4n) is 6.09. The van der Waals surface area contributed by atoms with Gasteiger partial charge < -0.3 is 15.2 Å². The molecule has 174 valence electrons. The van der Waals surface area contributed by atoms with Crippen LogP contribution in [0, 0.1) is 28.6 Å². The fourth-order valence-corrected chi connectivity index (χ4v) is 6.09. The summed E-state index contributed by atoms with van der Waals surface area (Å²) in [4.78, 5) is 28.3. The van der Waals surface area contributed by atoms with Crippen LogP contribution in [-0.2, 0) is 0 Å². The Morgan fingerprint density at radius 2 is 1.82 bits per heavy atom. The quantitative estimate of drug-likeness (QED) is 0.312. The molecule has 2 aliphatic carbocycles. The van der Waals surface area contributed by atoms with Crippen molar-refractivity contribution in [2.24, 2.45) is 28.6 Å². The van der Waals surface area contributed by atoms with Crippen molar-refractivity contribution in [2.75, 3.05) is 0 Å². The third kappa shape index (κ3) is 4.05. The molecular formula is C28H33NO4. The number of ketones is 1. The first-order chi connectivity index (χ1) is 15.5. The molecule has 0 bridgehead atoms. The molecule has 4 rings (SSSR count). The van der Waals surface area contributed by atoms with E-state index in [0.29, 0.717) is 23.0 Å². The number of fused-ring (bicyclic) bond motifs is 1. The van der Waals surface area contributed by atoms with E-state index < -0.39 is 11.3 Å². The second-order valence-electron chi connectivity index (χ2n) is 10.5. The largest absolute Gasteiger partial charge is 0.508 e.